The van der Waals surface area contributed by atoms with Crippen LogP contribution in [0.1, 0.15) is 34.3 Å². The Labute approximate surface area is 184 Å². The van der Waals surface area contributed by atoms with Crippen LogP contribution < -0.4 is 16.0 Å². The van der Waals surface area contributed by atoms with Crippen molar-refractivity contribution in [2.24, 2.45) is 4.99 Å². The zero-order valence-corrected chi connectivity index (χ0v) is 18.8. The first kappa shape index (κ1) is 22.2. The number of halogens is 1. The number of nitrogens with one attached hydrogen (secondary N) is 3. The molecule has 3 rings (SSSR count). The van der Waals surface area contributed by atoms with Gasteiger partial charge in [0, 0.05) is 38.2 Å². The van der Waals surface area contributed by atoms with Gasteiger partial charge in [0.1, 0.15) is 0 Å². The predicted molar refractivity (Wildman–Crippen MR) is 126 cm³/mol. The van der Waals surface area contributed by atoms with Gasteiger partial charge in [-0.25, -0.2) is 0 Å². The first-order valence-corrected chi connectivity index (χ1v) is 9.48. The lowest BCUT2D eigenvalue weighted by Crippen LogP contribution is -2.41. The van der Waals surface area contributed by atoms with Crippen molar-refractivity contribution in [3.05, 3.63) is 71.3 Å². The number of guanidine groups is 1. The van der Waals surface area contributed by atoms with Gasteiger partial charge in [0.2, 0.25) is 0 Å². The molecule has 3 N–H and O–H groups in total. The summed E-state index contributed by atoms with van der Waals surface area (Å²) >= 11 is 0. The van der Waals surface area contributed by atoms with Crippen LogP contribution in [0.15, 0.2) is 59.6 Å². The molecule has 1 fully saturated rings. The Bertz CT molecular complexity index is 803. The first-order chi connectivity index (χ1) is 13.2. The van der Waals surface area contributed by atoms with Gasteiger partial charge in [-0.05, 0) is 42.5 Å². The monoisotopic (exact) mass is 492 g/mol. The summed E-state index contributed by atoms with van der Waals surface area (Å²) in [5.74, 6) is 0.762. The van der Waals surface area contributed by atoms with E-state index in [1.54, 1.807) is 14.1 Å². The highest BCUT2D eigenvalue weighted by atomic mass is 127. The van der Waals surface area contributed by atoms with Gasteiger partial charge in [-0.3, -0.25) is 9.79 Å². The maximum absolute atomic E-state index is 11.7. The fraction of sp³-hybridized carbons (Fsp3) is 0.364. The Balaban J connectivity index is 0.00000280. The van der Waals surface area contributed by atoms with Gasteiger partial charge in [0.15, 0.2) is 5.96 Å². The molecule has 0 radical (unpaired) electrons. The molecule has 6 heteroatoms. The standard InChI is InChI=1S/C22H28N4O.HI/c1-23-20(27)18-8-6-7-17(15-18)11-14-25-21(24-2)26-16-22(12-13-22)19-9-4-3-5-10-19;/h3-10,15H,11-14,16H2,1-2H3,(H,23,27)(H2,24,25,26);1H. The smallest absolute Gasteiger partial charge is 0.251 e. The van der Waals surface area contributed by atoms with Crippen molar-refractivity contribution in [1.29, 1.82) is 0 Å². The molecule has 0 spiro atoms. The van der Waals surface area contributed by atoms with Crippen molar-refractivity contribution in [3.63, 3.8) is 0 Å². The van der Waals surface area contributed by atoms with Gasteiger partial charge in [0.05, 0.1) is 0 Å². The summed E-state index contributed by atoms with van der Waals surface area (Å²) in [6, 6.07) is 18.4. The summed E-state index contributed by atoms with van der Waals surface area (Å²) < 4.78 is 0. The Kier molecular flexibility index (Phi) is 8.29. The Hall–Kier alpha value is -2.09. The number of hydrogen-bond donors (Lipinski definition) is 3. The highest BCUT2D eigenvalue weighted by Gasteiger charge is 2.43. The second-order valence-electron chi connectivity index (χ2n) is 7.03. The van der Waals surface area contributed by atoms with E-state index < -0.39 is 0 Å². The zero-order valence-electron chi connectivity index (χ0n) is 16.5. The number of rotatable bonds is 7. The van der Waals surface area contributed by atoms with Gasteiger partial charge >= 0.3 is 0 Å². The lowest BCUT2D eigenvalue weighted by Gasteiger charge is -2.19. The summed E-state index contributed by atoms with van der Waals surface area (Å²) in [6.07, 6.45) is 3.26. The van der Waals surface area contributed by atoms with Crippen molar-refractivity contribution in [2.75, 3.05) is 27.2 Å². The molecule has 1 amide bonds. The Morgan fingerprint density at radius 3 is 2.46 bits per heavy atom. The number of amides is 1. The van der Waals surface area contributed by atoms with Crippen molar-refractivity contribution in [2.45, 2.75) is 24.7 Å². The maximum atomic E-state index is 11.7. The third kappa shape index (κ3) is 5.70. The average molecular weight is 492 g/mol. The van der Waals surface area contributed by atoms with Crippen molar-refractivity contribution in [1.82, 2.24) is 16.0 Å². The topological polar surface area (TPSA) is 65.5 Å². The number of aliphatic imine (C=N–C) groups is 1. The normalized spacial score (nSPS) is 14.6. The molecular formula is C22H29IN4O. The lowest BCUT2D eigenvalue weighted by molar-refractivity contribution is 0.0963. The number of benzene rings is 2. The molecule has 0 aromatic heterocycles. The number of nitrogens with zero attached hydrogens (tertiary/aromatic N) is 1. The molecule has 0 atom stereocenters. The second-order valence-corrected chi connectivity index (χ2v) is 7.03. The lowest BCUT2D eigenvalue weighted by atomic mass is 9.96. The molecule has 0 heterocycles. The molecule has 2 aromatic carbocycles. The van der Waals surface area contributed by atoms with Gasteiger partial charge in [0.25, 0.3) is 5.91 Å². The molecule has 0 unspecified atom stereocenters. The van der Waals surface area contributed by atoms with Gasteiger partial charge < -0.3 is 16.0 Å². The molecule has 2 aromatic rings. The van der Waals surface area contributed by atoms with Gasteiger partial charge in [-0.1, -0.05) is 42.5 Å². The summed E-state index contributed by atoms with van der Waals surface area (Å²) in [5, 5.41) is 9.50. The van der Waals surface area contributed by atoms with Crippen LogP contribution in [0.25, 0.3) is 0 Å². The van der Waals surface area contributed by atoms with Crippen LogP contribution in [0.5, 0.6) is 0 Å². The molecule has 0 saturated heterocycles. The SMILES string of the molecule is CN=C(NCCc1cccc(C(=O)NC)c1)NCC1(c2ccccc2)CC1.I. The summed E-state index contributed by atoms with van der Waals surface area (Å²) in [7, 11) is 3.44. The molecule has 1 aliphatic carbocycles. The fourth-order valence-corrected chi connectivity index (χ4v) is 3.32. The molecule has 28 heavy (non-hydrogen) atoms. The molecule has 5 nitrogen and oxygen atoms in total. The van der Waals surface area contributed by atoms with E-state index in [2.05, 4.69) is 51.3 Å². The number of hydrogen-bond acceptors (Lipinski definition) is 2. The second kappa shape index (κ2) is 10.5. The van der Waals surface area contributed by atoms with E-state index in [1.807, 2.05) is 24.3 Å². The van der Waals surface area contributed by atoms with E-state index in [0.717, 1.165) is 31.0 Å². The van der Waals surface area contributed by atoms with Crippen LogP contribution in [0.2, 0.25) is 0 Å². The van der Waals surface area contributed by atoms with Crippen LogP contribution in [0.4, 0.5) is 0 Å². The van der Waals surface area contributed by atoms with Gasteiger partial charge in [-0.15, -0.1) is 24.0 Å². The predicted octanol–water partition coefficient (Wildman–Crippen LogP) is 3.10. The van der Waals surface area contributed by atoms with Crippen molar-refractivity contribution in [3.8, 4) is 0 Å². The fourth-order valence-electron chi connectivity index (χ4n) is 3.32. The molecule has 150 valence electrons. The minimum atomic E-state index is -0.0575. The highest BCUT2D eigenvalue weighted by molar-refractivity contribution is 14.0. The van der Waals surface area contributed by atoms with Crippen molar-refractivity contribution >= 4 is 35.8 Å². The third-order valence-corrected chi connectivity index (χ3v) is 5.18. The highest BCUT2D eigenvalue weighted by Crippen LogP contribution is 2.47. The Morgan fingerprint density at radius 1 is 1.07 bits per heavy atom. The number of carbonyl (C=O) groups excluding carboxylic acids is 1. The van der Waals surface area contributed by atoms with Crippen LogP contribution in [0.3, 0.4) is 0 Å². The van der Waals surface area contributed by atoms with Crippen LogP contribution in [0, 0.1) is 0 Å². The number of carbonyl (C=O) groups is 1. The van der Waals surface area contributed by atoms with E-state index in [4.69, 9.17) is 0 Å². The minimum Gasteiger partial charge on any atom is -0.356 e. The van der Waals surface area contributed by atoms with Gasteiger partial charge in [-0.2, -0.15) is 0 Å². The van der Waals surface area contributed by atoms with E-state index >= 15 is 0 Å². The summed E-state index contributed by atoms with van der Waals surface area (Å²) in [6.45, 7) is 1.65. The van der Waals surface area contributed by atoms with E-state index in [9.17, 15) is 4.79 Å². The minimum absolute atomic E-state index is 0. The van der Waals surface area contributed by atoms with E-state index in [0.29, 0.717) is 5.56 Å². The third-order valence-electron chi connectivity index (χ3n) is 5.18. The molecule has 0 aliphatic heterocycles. The average Bonchev–Trinajstić information content (AvgIpc) is 3.52. The molecule has 0 bridgehead atoms. The first-order valence-electron chi connectivity index (χ1n) is 9.48. The molecule has 1 aliphatic rings. The molecular weight excluding hydrogens is 463 g/mol. The van der Waals surface area contributed by atoms with Crippen LogP contribution in [-0.2, 0) is 11.8 Å². The summed E-state index contributed by atoms with van der Waals surface area (Å²) in [5.41, 5.74) is 3.47. The maximum Gasteiger partial charge on any atom is 0.251 e. The van der Waals surface area contributed by atoms with Crippen LogP contribution >= 0.6 is 24.0 Å². The quantitative estimate of drug-likeness (QED) is 0.316. The molecule has 1 saturated carbocycles. The zero-order chi connectivity index (χ0) is 19.1. The summed E-state index contributed by atoms with van der Waals surface area (Å²) in [4.78, 5) is 16.1. The van der Waals surface area contributed by atoms with E-state index in [1.165, 1.54) is 18.4 Å². The Morgan fingerprint density at radius 2 is 1.82 bits per heavy atom. The van der Waals surface area contributed by atoms with Crippen molar-refractivity contribution < 1.29 is 4.79 Å². The van der Waals surface area contributed by atoms with Crippen LogP contribution in [-0.4, -0.2) is 39.1 Å². The largest absolute Gasteiger partial charge is 0.356 e. The van der Waals surface area contributed by atoms with E-state index in [-0.39, 0.29) is 35.3 Å².